The number of hydrogen-bond acceptors (Lipinski definition) is 2. The van der Waals surface area contributed by atoms with E-state index in [-0.39, 0.29) is 0 Å². The molecule has 0 radical (unpaired) electrons. The number of rotatable bonds is 2. The molecule has 3 nitrogen and oxygen atoms in total. The largest absolute Gasteiger partial charge is 0.426 e. The molecule has 1 aliphatic heterocycles. The third-order valence-corrected chi connectivity index (χ3v) is 2.97. The number of benzene rings is 1. The molecule has 0 saturated heterocycles. The maximum atomic E-state index is 10.4. The number of carbonyl (C=O) groups excluding carboxylic acids is 1. The predicted molar refractivity (Wildman–Crippen MR) is 57.0 cm³/mol. The van der Waals surface area contributed by atoms with E-state index in [4.69, 9.17) is 4.74 Å². The average molecular weight is 201 g/mol. The first-order valence-electron chi connectivity index (χ1n) is 5.11. The van der Waals surface area contributed by atoms with Crippen molar-refractivity contribution in [2.75, 3.05) is 0 Å². The third-order valence-electron chi connectivity index (χ3n) is 2.97. The van der Waals surface area contributed by atoms with Gasteiger partial charge in [0.25, 0.3) is 6.47 Å². The molecule has 0 aliphatic carbocycles. The second-order valence-corrected chi connectivity index (χ2v) is 3.82. The fraction of sp³-hybridized carbons (Fsp3) is 0.250. The van der Waals surface area contributed by atoms with Crippen molar-refractivity contribution in [3.05, 3.63) is 30.0 Å². The molecule has 0 N–H and O–H groups in total. The Morgan fingerprint density at radius 2 is 2.33 bits per heavy atom. The molecule has 0 atom stereocenters. The first kappa shape index (κ1) is 8.53. The van der Waals surface area contributed by atoms with Crippen molar-refractivity contribution in [3.63, 3.8) is 0 Å². The molecule has 2 aromatic rings. The molecule has 1 aliphatic rings. The van der Waals surface area contributed by atoms with Crippen molar-refractivity contribution in [3.8, 4) is 5.75 Å². The minimum Gasteiger partial charge on any atom is -0.426 e. The number of para-hydroxylation sites is 1. The van der Waals surface area contributed by atoms with E-state index in [1.54, 1.807) is 0 Å². The van der Waals surface area contributed by atoms with Crippen molar-refractivity contribution in [1.82, 2.24) is 4.57 Å². The summed E-state index contributed by atoms with van der Waals surface area (Å²) in [6.07, 6.45) is 4.19. The molecule has 0 bridgehead atoms. The van der Waals surface area contributed by atoms with Crippen molar-refractivity contribution >= 4 is 17.4 Å². The normalized spacial score (nSPS) is 14.1. The van der Waals surface area contributed by atoms with Gasteiger partial charge in [-0.05, 0) is 24.5 Å². The van der Waals surface area contributed by atoms with Gasteiger partial charge in [0.2, 0.25) is 0 Å². The predicted octanol–water partition coefficient (Wildman–Crippen LogP) is 2.12. The quantitative estimate of drug-likeness (QED) is 0.697. The van der Waals surface area contributed by atoms with Gasteiger partial charge in [-0.1, -0.05) is 12.1 Å². The van der Waals surface area contributed by atoms with Crippen LogP contribution < -0.4 is 4.74 Å². The molecule has 1 aromatic carbocycles. The molecule has 76 valence electrons. The molecule has 0 spiro atoms. The van der Waals surface area contributed by atoms with Gasteiger partial charge in [0.15, 0.2) is 5.75 Å². The van der Waals surface area contributed by atoms with E-state index in [9.17, 15) is 4.79 Å². The van der Waals surface area contributed by atoms with Gasteiger partial charge in [-0.2, -0.15) is 0 Å². The van der Waals surface area contributed by atoms with Crippen molar-refractivity contribution in [2.45, 2.75) is 19.4 Å². The molecule has 15 heavy (non-hydrogen) atoms. The standard InChI is InChI=1S/C12H11NO2/c14-8-15-11-7-13-6-2-4-9-3-1-5-10(11)12(9)13/h1,3,5,7-8H,2,4,6H2. The van der Waals surface area contributed by atoms with E-state index in [2.05, 4.69) is 10.6 Å². The van der Waals surface area contributed by atoms with Gasteiger partial charge in [-0.3, -0.25) is 4.79 Å². The van der Waals surface area contributed by atoms with Crippen LogP contribution in [0.25, 0.3) is 10.9 Å². The van der Waals surface area contributed by atoms with E-state index in [1.165, 1.54) is 11.1 Å². The molecular weight excluding hydrogens is 190 g/mol. The van der Waals surface area contributed by atoms with Crippen LogP contribution in [0.3, 0.4) is 0 Å². The summed E-state index contributed by atoms with van der Waals surface area (Å²) in [5.41, 5.74) is 2.57. The smallest absolute Gasteiger partial charge is 0.298 e. The van der Waals surface area contributed by atoms with Crippen LogP contribution in [0.1, 0.15) is 12.0 Å². The lowest BCUT2D eigenvalue weighted by Gasteiger charge is -2.14. The SMILES string of the molecule is O=COc1cn2c3c(cccc13)CCC2. The Labute approximate surface area is 87.3 Å². The van der Waals surface area contributed by atoms with Crippen LogP contribution in [0.15, 0.2) is 24.4 Å². The molecule has 2 heterocycles. The van der Waals surface area contributed by atoms with Crippen molar-refractivity contribution < 1.29 is 9.53 Å². The summed E-state index contributed by atoms with van der Waals surface area (Å²) < 4.78 is 7.16. The Morgan fingerprint density at radius 1 is 1.40 bits per heavy atom. The van der Waals surface area contributed by atoms with Crippen LogP contribution in [0.5, 0.6) is 5.75 Å². The highest BCUT2D eigenvalue weighted by Gasteiger charge is 2.16. The Bertz CT molecular complexity index is 528. The number of hydrogen-bond donors (Lipinski definition) is 0. The van der Waals surface area contributed by atoms with E-state index < -0.39 is 0 Å². The molecule has 0 unspecified atom stereocenters. The number of nitrogens with zero attached hydrogens (tertiary/aromatic N) is 1. The fourth-order valence-corrected chi connectivity index (χ4v) is 2.37. The van der Waals surface area contributed by atoms with Gasteiger partial charge >= 0.3 is 0 Å². The molecule has 3 heteroatoms. The molecular formula is C12H11NO2. The van der Waals surface area contributed by atoms with Gasteiger partial charge in [-0.25, -0.2) is 0 Å². The summed E-state index contributed by atoms with van der Waals surface area (Å²) >= 11 is 0. The van der Waals surface area contributed by atoms with E-state index in [1.807, 2.05) is 18.3 Å². The molecule has 3 rings (SSSR count). The van der Waals surface area contributed by atoms with Crippen molar-refractivity contribution in [1.29, 1.82) is 0 Å². The zero-order valence-corrected chi connectivity index (χ0v) is 8.27. The first-order chi connectivity index (χ1) is 7.40. The molecule has 0 amide bonds. The Kier molecular flexibility index (Phi) is 1.78. The zero-order valence-electron chi connectivity index (χ0n) is 8.27. The van der Waals surface area contributed by atoms with Crippen LogP contribution in [0.4, 0.5) is 0 Å². The average Bonchev–Trinajstić information content (AvgIpc) is 2.61. The maximum Gasteiger partial charge on any atom is 0.298 e. The maximum absolute atomic E-state index is 10.4. The van der Waals surface area contributed by atoms with Gasteiger partial charge in [0.05, 0.1) is 5.52 Å². The summed E-state index contributed by atoms with van der Waals surface area (Å²) in [6.45, 7) is 1.50. The molecule has 0 saturated carbocycles. The second kappa shape index (κ2) is 3.12. The number of aromatic nitrogens is 1. The summed E-state index contributed by atoms with van der Waals surface area (Å²) in [5, 5.41) is 1.04. The lowest BCUT2D eigenvalue weighted by Crippen LogP contribution is -2.05. The van der Waals surface area contributed by atoms with Crippen LogP contribution in [-0.2, 0) is 17.8 Å². The van der Waals surface area contributed by atoms with Crippen LogP contribution >= 0.6 is 0 Å². The van der Waals surface area contributed by atoms with E-state index in [0.29, 0.717) is 12.2 Å². The van der Waals surface area contributed by atoms with Gasteiger partial charge < -0.3 is 9.30 Å². The lowest BCUT2D eigenvalue weighted by molar-refractivity contribution is -0.120. The van der Waals surface area contributed by atoms with Crippen LogP contribution in [0.2, 0.25) is 0 Å². The highest BCUT2D eigenvalue weighted by atomic mass is 16.5. The van der Waals surface area contributed by atoms with E-state index in [0.717, 1.165) is 24.8 Å². The summed E-state index contributed by atoms with van der Waals surface area (Å²) in [4.78, 5) is 10.4. The highest BCUT2D eigenvalue weighted by molar-refractivity contribution is 5.90. The van der Waals surface area contributed by atoms with Gasteiger partial charge in [-0.15, -0.1) is 0 Å². The van der Waals surface area contributed by atoms with Crippen molar-refractivity contribution in [2.24, 2.45) is 0 Å². The first-order valence-corrected chi connectivity index (χ1v) is 5.11. The summed E-state index contributed by atoms with van der Waals surface area (Å²) in [7, 11) is 0. The van der Waals surface area contributed by atoms with Crippen LogP contribution in [-0.4, -0.2) is 11.0 Å². The fourth-order valence-electron chi connectivity index (χ4n) is 2.37. The second-order valence-electron chi connectivity index (χ2n) is 3.82. The summed E-state index contributed by atoms with van der Waals surface area (Å²) in [6, 6.07) is 6.16. The minimum absolute atomic E-state index is 0.490. The van der Waals surface area contributed by atoms with Crippen LogP contribution in [0, 0.1) is 0 Å². The van der Waals surface area contributed by atoms with E-state index >= 15 is 0 Å². The number of ether oxygens (including phenoxy) is 1. The van der Waals surface area contributed by atoms with Gasteiger partial charge in [0, 0.05) is 18.1 Å². The minimum atomic E-state index is 0.490. The summed E-state index contributed by atoms with van der Waals surface area (Å²) in [5.74, 6) is 0.670. The topological polar surface area (TPSA) is 31.2 Å². The zero-order chi connectivity index (χ0) is 10.3. The Balaban J connectivity index is 2.33. The molecule has 0 fully saturated rings. The Morgan fingerprint density at radius 3 is 3.20 bits per heavy atom. The number of aryl methyl sites for hydroxylation is 2. The molecule has 1 aromatic heterocycles. The Hall–Kier alpha value is -1.77. The van der Waals surface area contributed by atoms with Gasteiger partial charge in [0.1, 0.15) is 0 Å². The lowest BCUT2D eigenvalue weighted by atomic mass is 10.0. The highest BCUT2D eigenvalue weighted by Crippen LogP contribution is 2.33. The third kappa shape index (κ3) is 1.16. The monoisotopic (exact) mass is 201 g/mol. The number of carbonyl (C=O) groups is 1.